The minimum Gasteiger partial charge on any atom is -0.496 e. The summed E-state index contributed by atoms with van der Waals surface area (Å²) in [6, 6.07) is 13.6. The van der Waals surface area contributed by atoms with Crippen LogP contribution in [0.1, 0.15) is 11.1 Å². The maximum absolute atomic E-state index is 12.2. The van der Waals surface area contributed by atoms with Crippen molar-refractivity contribution in [1.82, 2.24) is 15.2 Å². The first-order chi connectivity index (χ1) is 14.0. The van der Waals surface area contributed by atoms with Gasteiger partial charge < -0.3 is 4.74 Å². The number of halogens is 2. The number of carbonyl (C=O) groups excluding carboxylic acids is 1. The van der Waals surface area contributed by atoms with Crippen molar-refractivity contribution in [2.75, 3.05) is 39.8 Å². The summed E-state index contributed by atoms with van der Waals surface area (Å²) in [5.74, 6) is 0.573. The number of carbonyl (C=O) groups is 1. The van der Waals surface area contributed by atoms with E-state index in [1.165, 1.54) is 5.56 Å². The van der Waals surface area contributed by atoms with Gasteiger partial charge in [0.25, 0.3) is 5.91 Å². The second-order valence-electron chi connectivity index (χ2n) is 6.86. The maximum Gasteiger partial charge on any atom is 0.254 e. The van der Waals surface area contributed by atoms with Gasteiger partial charge >= 0.3 is 0 Å². The van der Waals surface area contributed by atoms with Crippen LogP contribution in [-0.4, -0.2) is 61.8 Å². The Morgan fingerprint density at radius 1 is 1.17 bits per heavy atom. The first-order valence-corrected chi connectivity index (χ1v) is 10.5. The Labute approximate surface area is 184 Å². The van der Waals surface area contributed by atoms with E-state index in [0.717, 1.165) is 47.8 Å². The molecule has 3 rings (SSSR count). The van der Waals surface area contributed by atoms with Gasteiger partial charge in [-0.3, -0.25) is 14.6 Å². The zero-order valence-corrected chi connectivity index (χ0v) is 18.6. The molecule has 0 spiro atoms. The van der Waals surface area contributed by atoms with E-state index in [4.69, 9.17) is 16.3 Å². The fourth-order valence-electron chi connectivity index (χ4n) is 3.17. The lowest BCUT2D eigenvalue weighted by atomic mass is 10.2. The quantitative estimate of drug-likeness (QED) is 0.489. The molecular formula is C21H24BrClN4O2. The van der Waals surface area contributed by atoms with Gasteiger partial charge in [-0.25, -0.2) is 5.43 Å². The molecule has 2 aromatic carbocycles. The lowest BCUT2D eigenvalue weighted by Gasteiger charge is -2.34. The molecule has 1 fully saturated rings. The van der Waals surface area contributed by atoms with Crippen molar-refractivity contribution in [3.8, 4) is 5.75 Å². The molecule has 0 aliphatic carbocycles. The third-order valence-electron chi connectivity index (χ3n) is 4.74. The van der Waals surface area contributed by atoms with Crippen molar-refractivity contribution >= 4 is 39.7 Å². The number of hydrogen-bond donors (Lipinski definition) is 1. The number of ether oxygens (including phenoxy) is 1. The van der Waals surface area contributed by atoms with Crippen molar-refractivity contribution in [3.05, 3.63) is 63.1 Å². The van der Waals surface area contributed by atoms with Gasteiger partial charge in [0, 0.05) is 47.8 Å². The molecule has 0 bridgehead atoms. The molecule has 1 N–H and O–H groups in total. The van der Waals surface area contributed by atoms with Gasteiger partial charge in [-0.1, -0.05) is 39.7 Å². The number of hydrogen-bond acceptors (Lipinski definition) is 5. The predicted octanol–water partition coefficient (Wildman–Crippen LogP) is 3.38. The zero-order valence-electron chi connectivity index (χ0n) is 16.3. The molecule has 1 aliphatic rings. The van der Waals surface area contributed by atoms with E-state index in [1.807, 2.05) is 30.3 Å². The molecule has 1 aliphatic heterocycles. The van der Waals surface area contributed by atoms with Gasteiger partial charge in [0.1, 0.15) is 5.75 Å². The Hall–Kier alpha value is -1.93. The van der Waals surface area contributed by atoms with E-state index in [2.05, 4.69) is 48.4 Å². The topological polar surface area (TPSA) is 57.2 Å². The maximum atomic E-state index is 12.2. The lowest BCUT2D eigenvalue weighted by molar-refractivity contribution is -0.122. The summed E-state index contributed by atoms with van der Waals surface area (Å²) in [6.45, 7) is 4.79. The summed E-state index contributed by atoms with van der Waals surface area (Å²) >= 11 is 9.36. The van der Waals surface area contributed by atoms with Crippen LogP contribution in [0.2, 0.25) is 5.02 Å². The highest BCUT2D eigenvalue weighted by atomic mass is 79.9. The summed E-state index contributed by atoms with van der Waals surface area (Å²) in [7, 11) is 1.60. The Morgan fingerprint density at radius 3 is 2.55 bits per heavy atom. The van der Waals surface area contributed by atoms with Crippen LogP contribution < -0.4 is 10.2 Å². The first kappa shape index (κ1) is 21.8. The average molecular weight is 480 g/mol. The van der Waals surface area contributed by atoms with Crippen molar-refractivity contribution in [3.63, 3.8) is 0 Å². The van der Waals surface area contributed by atoms with Crippen molar-refractivity contribution < 1.29 is 9.53 Å². The number of nitrogens with one attached hydrogen (secondary N) is 1. The van der Waals surface area contributed by atoms with Gasteiger partial charge in [0.05, 0.1) is 19.9 Å². The molecule has 0 unspecified atom stereocenters. The van der Waals surface area contributed by atoms with E-state index in [0.29, 0.717) is 12.3 Å². The SMILES string of the molecule is COc1ccc(Br)cc1/C=N/NC(=O)CN1CCN(Cc2ccc(Cl)cc2)CC1. The third kappa shape index (κ3) is 6.82. The summed E-state index contributed by atoms with van der Waals surface area (Å²) < 4.78 is 6.21. The molecule has 0 saturated carbocycles. The number of nitrogens with zero attached hydrogens (tertiary/aromatic N) is 3. The van der Waals surface area contributed by atoms with Crippen LogP contribution in [0.3, 0.4) is 0 Å². The fraction of sp³-hybridized carbons (Fsp3) is 0.333. The summed E-state index contributed by atoms with van der Waals surface area (Å²) in [6.07, 6.45) is 1.59. The van der Waals surface area contributed by atoms with E-state index in [-0.39, 0.29) is 5.91 Å². The van der Waals surface area contributed by atoms with E-state index >= 15 is 0 Å². The molecule has 0 atom stereocenters. The average Bonchev–Trinajstić information content (AvgIpc) is 2.71. The van der Waals surface area contributed by atoms with E-state index in [9.17, 15) is 4.79 Å². The van der Waals surface area contributed by atoms with Crippen LogP contribution in [-0.2, 0) is 11.3 Å². The Kier molecular flexibility index (Phi) is 8.06. The highest BCUT2D eigenvalue weighted by molar-refractivity contribution is 9.10. The highest BCUT2D eigenvalue weighted by Gasteiger charge is 2.18. The molecule has 1 heterocycles. The van der Waals surface area contributed by atoms with Gasteiger partial charge in [0.2, 0.25) is 0 Å². The Bertz CT molecular complexity index is 852. The largest absolute Gasteiger partial charge is 0.496 e. The van der Waals surface area contributed by atoms with Gasteiger partial charge in [-0.15, -0.1) is 0 Å². The zero-order chi connectivity index (χ0) is 20.6. The monoisotopic (exact) mass is 478 g/mol. The summed E-state index contributed by atoms with van der Waals surface area (Å²) in [5, 5.41) is 4.82. The minimum atomic E-state index is -0.124. The number of amides is 1. The van der Waals surface area contributed by atoms with Crippen LogP contribution in [0.25, 0.3) is 0 Å². The molecule has 0 aromatic heterocycles. The number of piperazine rings is 1. The second-order valence-corrected chi connectivity index (χ2v) is 8.21. The molecule has 154 valence electrons. The number of hydrazone groups is 1. The third-order valence-corrected chi connectivity index (χ3v) is 5.48. The van der Waals surface area contributed by atoms with Gasteiger partial charge in [0.15, 0.2) is 0 Å². The number of methoxy groups -OCH3 is 1. The first-order valence-electron chi connectivity index (χ1n) is 9.38. The molecule has 1 saturated heterocycles. The highest BCUT2D eigenvalue weighted by Crippen LogP contribution is 2.21. The van der Waals surface area contributed by atoms with Crippen molar-refractivity contribution in [2.24, 2.45) is 5.10 Å². The molecule has 0 radical (unpaired) electrons. The van der Waals surface area contributed by atoms with Crippen LogP contribution in [0, 0.1) is 0 Å². The molecule has 2 aromatic rings. The van der Waals surface area contributed by atoms with E-state index in [1.54, 1.807) is 13.3 Å². The predicted molar refractivity (Wildman–Crippen MR) is 120 cm³/mol. The Balaban J connectivity index is 1.41. The fourth-order valence-corrected chi connectivity index (χ4v) is 3.68. The second kappa shape index (κ2) is 10.7. The lowest BCUT2D eigenvalue weighted by Crippen LogP contribution is -2.48. The molecule has 29 heavy (non-hydrogen) atoms. The van der Waals surface area contributed by atoms with Crippen LogP contribution in [0.5, 0.6) is 5.75 Å². The van der Waals surface area contributed by atoms with Crippen molar-refractivity contribution in [1.29, 1.82) is 0 Å². The van der Waals surface area contributed by atoms with Gasteiger partial charge in [-0.05, 0) is 35.9 Å². The standard InChI is InChI=1S/C21H24BrClN4O2/c1-29-20-7-4-18(22)12-17(20)13-24-25-21(28)15-27-10-8-26(9-11-27)14-16-2-5-19(23)6-3-16/h2-7,12-13H,8-11,14-15H2,1H3,(H,25,28)/b24-13+. The summed E-state index contributed by atoms with van der Waals surface area (Å²) in [5.41, 5.74) is 4.64. The molecule has 1 amide bonds. The molecule has 6 nitrogen and oxygen atoms in total. The molecular weight excluding hydrogens is 456 g/mol. The van der Waals surface area contributed by atoms with Gasteiger partial charge in [-0.2, -0.15) is 5.10 Å². The Morgan fingerprint density at radius 2 is 1.86 bits per heavy atom. The minimum absolute atomic E-state index is 0.124. The van der Waals surface area contributed by atoms with Crippen LogP contribution in [0.15, 0.2) is 52.0 Å². The molecule has 8 heteroatoms. The normalized spacial score (nSPS) is 15.6. The van der Waals surface area contributed by atoms with Crippen molar-refractivity contribution in [2.45, 2.75) is 6.54 Å². The van der Waals surface area contributed by atoms with Crippen LogP contribution in [0.4, 0.5) is 0 Å². The number of rotatable bonds is 7. The smallest absolute Gasteiger partial charge is 0.254 e. The number of benzene rings is 2. The van der Waals surface area contributed by atoms with E-state index < -0.39 is 0 Å². The summed E-state index contributed by atoms with van der Waals surface area (Å²) in [4.78, 5) is 16.7. The van der Waals surface area contributed by atoms with Crippen LogP contribution >= 0.6 is 27.5 Å².